The highest BCUT2D eigenvalue weighted by Crippen LogP contribution is 2.62. The van der Waals surface area contributed by atoms with Crippen molar-refractivity contribution in [2.75, 3.05) is 76.6 Å². The number of hydrogen-bond donors (Lipinski definition) is 0. The molecule has 5 aromatic carbocycles. The molecular weight excluding hydrogens is 692 g/mol. The van der Waals surface area contributed by atoms with Crippen LogP contribution in [0.25, 0.3) is 28.0 Å². The lowest BCUT2D eigenvalue weighted by molar-refractivity contribution is 0.122. The zero-order valence-electron chi connectivity index (χ0n) is 32.5. The Labute approximate surface area is 323 Å². The minimum atomic E-state index is -0.955. The fourth-order valence-electron chi connectivity index (χ4n) is 9.86. The lowest BCUT2D eigenvalue weighted by Gasteiger charge is -2.40. The summed E-state index contributed by atoms with van der Waals surface area (Å²) in [4.78, 5) is 4.75. The average Bonchev–Trinajstić information content (AvgIpc) is 3.54. The van der Waals surface area contributed by atoms with Crippen molar-refractivity contribution in [3.05, 3.63) is 118 Å². The van der Waals surface area contributed by atoms with E-state index in [0.717, 1.165) is 115 Å². The van der Waals surface area contributed by atoms with Gasteiger partial charge in [0.1, 0.15) is 11.6 Å². The largest absolute Gasteiger partial charge is 0.493 e. The molecule has 0 unspecified atom stereocenters. The number of aryl methyl sites for hydroxylation is 1. The Morgan fingerprint density at radius 3 is 1.73 bits per heavy atom. The van der Waals surface area contributed by atoms with E-state index in [0.29, 0.717) is 11.5 Å². The second-order valence-electron chi connectivity index (χ2n) is 15.1. The Morgan fingerprint density at radius 1 is 0.691 bits per heavy atom. The van der Waals surface area contributed by atoms with E-state index in [1.165, 1.54) is 22.5 Å². The summed E-state index contributed by atoms with van der Waals surface area (Å²) in [6.45, 7) is 12.9. The molecule has 8 heteroatoms. The summed E-state index contributed by atoms with van der Waals surface area (Å²) in [6.07, 6.45) is 6.22. The third-order valence-corrected chi connectivity index (χ3v) is 12.6. The summed E-state index contributed by atoms with van der Waals surface area (Å²) in [5.41, 5.74) is 9.45. The number of benzene rings is 5. The molecule has 2 saturated heterocycles. The predicted octanol–water partition coefficient (Wildman–Crippen LogP) is 9.41. The van der Waals surface area contributed by atoms with E-state index in [1.54, 1.807) is 26.4 Å². The maximum atomic E-state index is 15.4. The highest BCUT2D eigenvalue weighted by Gasteiger charge is 2.48. The van der Waals surface area contributed by atoms with E-state index < -0.39 is 5.60 Å². The topological polar surface area (TPSA) is 52.6 Å². The standard InChI is InChI=1S/C47H49FN2O5/c1-6-46(7-2)43-30(3)26-33(48)27-39(43)42-37-28-40(51-4)41(52-5)29-38(37)45-36(44(42)46)16-17-47(55-45,31-8-12-34(13-9-31)49-18-22-53-23-19-49)32-10-14-35(15-11-32)50-20-24-54-25-21-50/h8-17,26-29H,6-7,18-25H2,1-5H3. The first kappa shape index (κ1) is 35.6. The first-order valence-electron chi connectivity index (χ1n) is 19.7. The molecule has 0 spiro atoms. The molecule has 3 aliphatic heterocycles. The minimum Gasteiger partial charge on any atom is -0.493 e. The summed E-state index contributed by atoms with van der Waals surface area (Å²) in [6, 6.07) is 25.1. The third-order valence-electron chi connectivity index (χ3n) is 12.6. The summed E-state index contributed by atoms with van der Waals surface area (Å²) in [5, 5.41) is 1.85. The summed E-state index contributed by atoms with van der Waals surface area (Å²) < 4.78 is 46.3. The first-order chi connectivity index (χ1) is 26.9. The van der Waals surface area contributed by atoms with Crippen molar-refractivity contribution in [1.82, 2.24) is 0 Å². The zero-order chi connectivity index (χ0) is 37.9. The molecule has 0 aromatic heterocycles. The number of rotatable bonds is 8. The van der Waals surface area contributed by atoms with Crippen LogP contribution in [0.1, 0.15) is 60.1 Å². The van der Waals surface area contributed by atoms with Crippen molar-refractivity contribution in [2.45, 2.75) is 44.6 Å². The Kier molecular flexibility index (Phi) is 9.01. The van der Waals surface area contributed by atoms with Crippen LogP contribution in [-0.4, -0.2) is 66.8 Å². The number of halogens is 1. The first-order valence-corrected chi connectivity index (χ1v) is 19.7. The molecule has 0 atom stereocenters. The van der Waals surface area contributed by atoms with E-state index >= 15 is 4.39 Å². The van der Waals surface area contributed by atoms with Gasteiger partial charge in [-0.3, -0.25) is 0 Å². The summed E-state index contributed by atoms with van der Waals surface area (Å²) in [5.74, 6) is 1.77. The van der Waals surface area contributed by atoms with Gasteiger partial charge in [-0.05, 0) is 108 Å². The molecule has 9 rings (SSSR count). The van der Waals surface area contributed by atoms with Crippen LogP contribution in [0.3, 0.4) is 0 Å². The van der Waals surface area contributed by atoms with Crippen LogP contribution in [0, 0.1) is 12.7 Å². The lowest BCUT2D eigenvalue weighted by atomic mass is 9.70. The molecule has 3 heterocycles. The molecule has 0 bridgehead atoms. The minimum absolute atomic E-state index is 0.233. The van der Waals surface area contributed by atoms with Crippen LogP contribution in [0.2, 0.25) is 0 Å². The van der Waals surface area contributed by atoms with Gasteiger partial charge in [-0.15, -0.1) is 0 Å². The van der Waals surface area contributed by atoms with Gasteiger partial charge in [-0.1, -0.05) is 44.2 Å². The normalized spacial score (nSPS) is 18.1. The van der Waals surface area contributed by atoms with Gasteiger partial charge in [0, 0.05) is 65.0 Å². The second-order valence-corrected chi connectivity index (χ2v) is 15.1. The Morgan fingerprint density at radius 2 is 1.22 bits per heavy atom. The van der Waals surface area contributed by atoms with Crippen LogP contribution in [0.5, 0.6) is 17.2 Å². The van der Waals surface area contributed by atoms with Crippen LogP contribution < -0.4 is 24.0 Å². The zero-order valence-corrected chi connectivity index (χ0v) is 32.5. The van der Waals surface area contributed by atoms with E-state index in [2.05, 4.69) is 90.4 Å². The molecule has 0 radical (unpaired) electrons. The van der Waals surface area contributed by atoms with E-state index in [-0.39, 0.29) is 11.2 Å². The third kappa shape index (κ3) is 5.51. The van der Waals surface area contributed by atoms with E-state index in [4.69, 9.17) is 23.7 Å². The SMILES string of the molecule is CCC1(CC)c2c(C)cc(F)cc2-c2c1c1c(c3cc(OC)c(OC)cc23)OC(c2ccc(N3CCOCC3)cc2)(c2ccc(N3CCOCC3)cc2)C=C1. The Hall–Kier alpha value is -5.05. The predicted molar refractivity (Wildman–Crippen MR) is 218 cm³/mol. The maximum Gasteiger partial charge on any atom is 0.178 e. The van der Waals surface area contributed by atoms with E-state index in [1.807, 2.05) is 13.0 Å². The van der Waals surface area contributed by atoms with Crippen molar-refractivity contribution < 1.29 is 28.1 Å². The Bertz CT molecular complexity index is 2220. The molecule has 1 aliphatic carbocycles. The molecule has 0 amide bonds. The number of ether oxygens (including phenoxy) is 5. The molecule has 5 aromatic rings. The molecule has 4 aliphatic rings. The number of anilines is 2. The fourth-order valence-corrected chi connectivity index (χ4v) is 9.86. The monoisotopic (exact) mass is 740 g/mol. The van der Waals surface area contributed by atoms with Crippen molar-refractivity contribution in [3.8, 4) is 28.4 Å². The number of morpholine rings is 2. The van der Waals surface area contributed by atoms with E-state index in [9.17, 15) is 0 Å². The summed E-state index contributed by atoms with van der Waals surface area (Å²) >= 11 is 0. The van der Waals surface area contributed by atoms with Crippen LogP contribution in [-0.2, 0) is 20.5 Å². The van der Waals surface area contributed by atoms with Crippen molar-refractivity contribution >= 4 is 28.2 Å². The van der Waals surface area contributed by atoms with Crippen molar-refractivity contribution in [3.63, 3.8) is 0 Å². The molecule has 0 N–H and O–H groups in total. The maximum absolute atomic E-state index is 15.4. The van der Waals surface area contributed by atoms with Crippen molar-refractivity contribution in [1.29, 1.82) is 0 Å². The molecule has 55 heavy (non-hydrogen) atoms. The van der Waals surface area contributed by atoms with Gasteiger partial charge >= 0.3 is 0 Å². The van der Waals surface area contributed by atoms with Gasteiger partial charge in [0.25, 0.3) is 0 Å². The Balaban J connectivity index is 1.30. The smallest absolute Gasteiger partial charge is 0.178 e. The average molecular weight is 741 g/mol. The van der Waals surface area contributed by atoms with Crippen LogP contribution >= 0.6 is 0 Å². The van der Waals surface area contributed by atoms with Crippen LogP contribution in [0.4, 0.5) is 15.8 Å². The highest BCUT2D eigenvalue weighted by molar-refractivity contribution is 6.10. The molecule has 2 fully saturated rings. The van der Waals surface area contributed by atoms with Gasteiger partial charge in [0.2, 0.25) is 0 Å². The van der Waals surface area contributed by atoms with Gasteiger partial charge < -0.3 is 33.5 Å². The highest BCUT2D eigenvalue weighted by atomic mass is 19.1. The van der Waals surface area contributed by atoms with Gasteiger partial charge in [-0.25, -0.2) is 4.39 Å². The van der Waals surface area contributed by atoms with Crippen LogP contribution in [0.15, 0.2) is 78.9 Å². The number of methoxy groups -OCH3 is 2. The fraction of sp³-hybridized carbons (Fsp3) is 0.362. The van der Waals surface area contributed by atoms with Gasteiger partial charge in [0.05, 0.1) is 40.6 Å². The number of nitrogens with zero attached hydrogens (tertiary/aromatic N) is 2. The number of hydrogen-bond acceptors (Lipinski definition) is 7. The molecule has 284 valence electrons. The number of fused-ring (bicyclic) bond motifs is 8. The lowest BCUT2D eigenvalue weighted by Crippen LogP contribution is -2.37. The van der Waals surface area contributed by atoms with Gasteiger partial charge in [-0.2, -0.15) is 0 Å². The van der Waals surface area contributed by atoms with Gasteiger partial charge in [0.15, 0.2) is 17.1 Å². The van der Waals surface area contributed by atoms with Crippen molar-refractivity contribution in [2.24, 2.45) is 0 Å². The molecule has 7 nitrogen and oxygen atoms in total. The second kappa shape index (κ2) is 13.9. The molecular formula is C47H49FN2O5. The summed E-state index contributed by atoms with van der Waals surface area (Å²) in [7, 11) is 3.32. The quantitative estimate of drug-likeness (QED) is 0.157. The molecule has 0 saturated carbocycles.